The Hall–Kier alpha value is -8.47. The summed E-state index contributed by atoms with van der Waals surface area (Å²) in [5.74, 6) is -8.43. The molecule has 1 aromatic carbocycles. The molecule has 1 aromatic rings. The topological polar surface area (TPSA) is 435 Å². The van der Waals surface area contributed by atoms with E-state index >= 15 is 0 Å². The molecule has 3 fully saturated rings. The Kier molecular flexibility index (Phi) is 29.6. The predicted molar refractivity (Wildman–Crippen MR) is 287 cm³/mol. The molecule has 494 valence electrons. The van der Waals surface area contributed by atoms with Crippen molar-refractivity contribution in [1.29, 1.82) is 0 Å². The number of carbonyl (C=O) groups excluding carboxylic acids is 12. The standard InChI is InChI=1S/C54H73N5O30/c1-26(60)75-23-40-44(80-29(4)63)47(83-32(7)66)49(85-34(9)68)51(88-40)73-20-18-56-53(70)59(19-21-74-52-50(86-35(10)69)48(84-33(8)67)45(81-30(5)64)41(89-52)24-76-27(2)61)54(71)78-25-39-42(77-22-36-12-14-37(72-11)15-13-36)46(82-31(6)65)43(79-28(3)62)38(87-39)16-17-57-58-55/h12-15,38-52H,16-25H2,1-11H3,(H,56,70)/t38-,39+,40+,41+,42+,43-,44+,45+,46-,47-,48-,49+,50+,51+,52+/m0/s1. The van der Waals surface area contributed by atoms with Gasteiger partial charge in [0.05, 0.1) is 39.6 Å². The van der Waals surface area contributed by atoms with Crippen LogP contribution in [0.5, 0.6) is 5.75 Å². The number of hydrogen-bond acceptors (Lipinski definition) is 31. The van der Waals surface area contributed by atoms with Gasteiger partial charge in [-0.1, -0.05) is 17.2 Å². The van der Waals surface area contributed by atoms with Crippen molar-refractivity contribution in [2.24, 2.45) is 5.11 Å². The average Bonchev–Trinajstić information content (AvgIpc) is 1.03. The molecule has 3 aliphatic heterocycles. The Labute approximate surface area is 508 Å². The van der Waals surface area contributed by atoms with Crippen LogP contribution in [0.2, 0.25) is 0 Å². The highest BCUT2D eigenvalue weighted by Crippen LogP contribution is 2.34. The van der Waals surface area contributed by atoms with Gasteiger partial charge in [-0.2, -0.15) is 0 Å². The third kappa shape index (κ3) is 23.9. The fraction of sp³-hybridized carbons (Fsp3) is 0.667. The molecular formula is C54H73N5O30. The summed E-state index contributed by atoms with van der Waals surface area (Å²) in [6.07, 6.45) is -24.8. The number of methoxy groups -OCH3 is 1. The smallest absolute Gasteiger partial charge is 0.418 e. The van der Waals surface area contributed by atoms with Crippen molar-refractivity contribution in [2.45, 2.75) is 174 Å². The summed E-state index contributed by atoms with van der Waals surface area (Å²) in [7, 11) is 1.46. The quantitative estimate of drug-likeness (QED) is 0.0294. The Morgan fingerprint density at radius 1 is 0.483 bits per heavy atom. The van der Waals surface area contributed by atoms with Gasteiger partial charge < -0.3 is 90.6 Å². The lowest BCUT2D eigenvalue weighted by molar-refractivity contribution is -0.308. The lowest BCUT2D eigenvalue weighted by atomic mass is 9.92. The second kappa shape index (κ2) is 36.1. The lowest BCUT2D eigenvalue weighted by Crippen LogP contribution is -2.63. The molecule has 35 nitrogen and oxygen atoms in total. The molecule has 89 heavy (non-hydrogen) atoms. The SMILES string of the molecule is COc1ccc(CO[C@H]2[C@H](OC(C)=O)[C@@H](OC(C)=O)[C@H](CCN=[N+]=[N-])O[C@@H]2COC(=O)N(CCO[C@@H]2O[C@H](COC(C)=O)[C@@H](OC(C)=O)[C@H](OC(C)=O)[C@H]2OC(C)=O)C(=O)NCCO[C@@H]2O[C@H](COC(C)=O)[C@@H](OC(C)=O)[C@H](OC(C)=O)[C@H]2OC(C)=O)cc1. The van der Waals surface area contributed by atoms with Gasteiger partial charge in [0.25, 0.3) is 0 Å². The molecule has 15 atom stereocenters. The van der Waals surface area contributed by atoms with E-state index in [4.69, 9.17) is 90.8 Å². The Balaban J connectivity index is 1.74. The van der Waals surface area contributed by atoms with Crippen LogP contribution in [-0.2, 0) is 135 Å². The minimum absolute atomic E-state index is 0.153. The van der Waals surface area contributed by atoms with E-state index in [-0.39, 0.29) is 19.6 Å². The van der Waals surface area contributed by atoms with Crippen LogP contribution in [0.1, 0.15) is 81.2 Å². The minimum atomic E-state index is -1.81. The highest BCUT2D eigenvalue weighted by Gasteiger charge is 2.55. The molecule has 35 heteroatoms. The number of benzene rings is 1. The monoisotopic (exact) mass is 1270 g/mol. The number of imide groups is 1. The van der Waals surface area contributed by atoms with Gasteiger partial charge >= 0.3 is 71.8 Å². The molecule has 0 aromatic heterocycles. The number of nitrogens with zero attached hydrogens (tertiary/aromatic N) is 4. The first kappa shape index (κ1) is 73.0. The number of azide groups is 1. The van der Waals surface area contributed by atoms with Gasteiger partial charge in [0.15, 0.2) is 61.4 Å². The van der Waals surface area contributed by atoms with E-state index in [1.807, 2.05) is 0 Å². The zero-order chi connectivity index (χ0) is 66.1. The Morgan fingerprint density at radius 2 is 0.876 bits per heavy atom. The average molecular weight is 1270 g/mol. The summed E-state index contributed by atoms with van der Waals surface area (Å²) < 4.78 is 102. The normalized spacial score (nSPS) is 26.1. The van der Waals surface area contributed by atoms with Gasteiger partial charge in [0.2, 0.25) is 0 Å². The molecule has 0 bridgehead atoms. The van der Waals surface area contributed by atoms with Crippen LogP contribution in [0.25, 0.3) is 10.4 Å². The van der Waals surface area contributed by atoms with Crippen LogP contribution in [0.15, 0.2) is 29.4 Å². The molecule has 1 N–H and O–H groups in total. The first-order valence-electron chi connectivity index (χ1n) is 27.4. The van der Waals surface area contributed by atoms with E-state index in [9.17, 15) is 57.5 Å². The molecule has 0 radical (unpaired) electrons. The van der Waals surface area contributed by atoms with Crippen molar-refractivity contribution in [2.75, 3.05) is 59.8 Å². The zero-order valence-electron chi connectivity index (χ0n) is 50.6. The number of esters is 10. The fourth-order valence-corrected chi connectivity index (χ4v) is 9.20. The zero-order valence-corrected chi connectivity index (χ0v) is 50.6. The van der Waals surface area contributed by atoms with Crippen molar-refractivity contribution >= 4 is 71.8 Å². The van der Waals surface area contributed by atoms with E-state index < -0.39 is 210 Å². The number of hydrogen-bond donors (Lipinski definition) is 1. The number of carbonyl (C=O) groups is 12. The van der Waals surface area contributed by atoms with Crippen LogP contribution in [0, 0.1) is 0 Å². The Bertz CT molecular complexity index is 2690. The van der Waals surface area contributed by atoms with Crippen LogP contribution >= 0.6 is 0 Å². The summed E-state index contributed by atoms with van der Waals surface area (Å²) in [6, 6.07) is 5.31. The van der Waals surface area contributed by atoms with Crippen LogP contribution < -0.4 is 10.1 Å². The first-order valence-corrected chi connectivity index (χ1v) is 27.4. The largest absolute Gasteiger partial charge is 0.497 e. The molecule has 0 aliphatic carbocycles. The molecular weight excluding hydrogens is 1200 g/mol. The van der Waals surface area contributed by atoms with E-state index in [1.165, 1.54) is 7.11 Å². The molecule has 0 spiro atoms. The van der Waals surface area contributed by atoms with Crippen LogP contribution in [0.3, 0.4) is 0 Å². The maximum absolute atomic E-state index is 14.6. The van der Waals surface area contributed by atoms with Crippen LogP contribution in [0.4, 0.5) is 9.59 Å². The number of nitrogens with one attached hydrogen (secondary N) is 1. The third-order valence-electron chi connectivity index (χ3n) is 12.5. The van der Waals surface area contributed by atoms with E-state index in [1.54, 1.807) is 24.3 Å². The van der Waals surface area contributed by atoms with Crippen LogP contribution in [-0.4, -0.2) is 228 Å². The van der Waals surface area contributed by atoms with Gasteiger partial charge in [-0.3, -0.25) is 47.9 Å². The molecule has 3 amide bonds. The third-order valence-corrected chi connectivity index (χ3v) is 12.5. The molecule has 3 saturated heterocycles. The highest BCUT2D eigenvalue weighted by molar-refractivity contribution is 5.91. The van der Waals surface area contributed by atoms with E-state index in [2.05, 4.69) is 15.3 Å². The number of urea groups is 1. The Morgan fingerprint density at radius 3 is 1.30 bits per heavy atom. The predicted octanol–water partition coefficient (Wildman–Crippen LogP) is 1.26. The summed E-state index contributed by atoms with van der Waals surface area (Å²) in [6.45, 7) is 5.08. The van der Waals surface area contributed by atoms with Gasteiger partial charge in [-0.25, -0.2) is 14.5 Å². The summed E-state index contributed by atoms with van der Waals surface area (Å²) >= 11 is 0. The number of ether oxygens (including phenoxy) is 18. The highest BCUT2D eigenvalue weighted by atomic mass is 16.8. The summed E-state index contributed by atoms with van der Waals surface area (Å²) in [4.78, 5) is 156. The minimum Gasteiger partial charge on any atom is -0.497 e. The van der Waals surface area contributed by atoms with Gasteiger partial charge in [-0.05, 0) is 29.6 Å². The van der Waals surface area contributed by atoms with Crippen molar-refractivity contribution in [3.63, 3.8) is 0 Å². The molecule has 4 rings (SSSR count). The lowest BCUT2D eigenvalue weighted by Gasteiger charge is -2.45. The summed E-state index contributed by atoms with van der Waals surface area (Å²) in [5, 5.41) is 5.98. The molecule has 0 unspecified atom stereocenters. The van der Waals surface area contributed by atoms with Gasteiger partial charge in [-0.15, -0.1) is 0 Å². The van der Waals surface area contributed by atoms with Crippen molar-refractivity contribution in [3.05, 3.63) is 40.3 Å². The number of amides is 3. The maximum Gasteiger partial charge on any atom is 0.418 e. The number of rotatable bonds is 29. The van der Waals surface area contributed by atoms with E-state index in [0.29, 0.717) is 16.2 Å². The molecule has 3 aliphatic rings. The van der Waals surface area contributed by atoms with Crippen molar-refractivity contribution in [3.8, 4) is 5.75 Å². The fourth-order valence-electron chi connectivity index (χ4n) is 9.20. The maximum atomic E-state index is 14.6. The molecule has 3 heterocycles. The summed E-state index contributed by atoms with van der Waals surface area (Å²) in [5.41, 5.74) is 9.65. The van der Waals surface area contributed by atoms with Crippen molar-refractivity contribution < 1.29 is 143 Å². The second-order valence-electron chi connectivity index (χ2n) is 19.6. The second-order valence-corrected chi connectivity index (χ2v) is 19.6. The van der Waals surface area contributed by atoms with E-state index in [0.717, 1.165) is 69.2 Å². The van der Waals surface area contributed by atoms with Gasteiger partial charge in [0, 0.05) is 87.2 Å². The first-order chi connectivity index (χ1) is 42.1. The van der Waals surface area contributed by atoms with Crippen molar-refractivity contribution in [1.82, 2.24) is 10.2 Å². The van der Waals surface area contributed by atoms with Gasteiger partial charge in [0.1, 0.15) is 50.0 Å². The molecule has 0 saturated carbocycles.